The summed E-state index contributed by atoms with van der Waals surface area (Å²) in [4.78, 5) is 17.7. The Morgan fingerprint density at radius 3 is 2.38 bits per heavy atom. The number of fused-ring (bicyclic) bond motifs is 1. The molecule has 6 nitrogen and oxygen atoms in total. The molecule has 0 saturated heterocycles. The van der Waals surface area contributed by atoms with Crippen molar-refractivity contribution in [1.29, 1.82) is 0 Å². The van der Waals surface area contributed by atoms with E-state index in [1.54, 1.807) is 6.92 Å². The largest absolute Gasteiger partial charge is 0.368 e. The molecule has 4 aromatic rings. The molecular formula is C23H24N6. The molecule has 2 aromatic carbocycles. The number of nitrogens with one attached hydrogen (secondary N) is 1. The van der Waals surface area contributed by atoms with Gasteiger partial charge in [0.15, 0.2) is 0 Å². The number of hydrogen-bond donors (Lipinski definition) is 2. The van der Waals surface area contributed by atoms with Gasteiger partial charge in [0.25, 0.3) is 0 Å². The third kappa shape index (κ3) is 3.74. The summed E-state index contributed by atoms with van der Waals surface area (Å²) in [6.07, 6.45) is 0. The van der Waals surface area contributed by atoms with Crippen molar-refractivity contribution in [3.8, 4) is 11.3 Å². The van der Waals surface area contributed by atoms with E-state index < -0.39 is 0 Å². The Labute approximate surface area is 170 Å². The van der Waals surface area contributed by atoms with E-state index in [0.717, 1.165) is 33.3 Å². The number of aryl methyl sites for hydroxylation is 3. The maximum atomic E-state index is 5.79. The fourth-order valence-corrected chi connectivity index (χ4v) is 3.59. The van der Waals surface area contributed by atoms with Crippen LogP contribution in [0.1, 0.15) is 35.5 Å². The summed E-state index contributed by atoms with van der Waals surface area (Å²) in [6.45, 7) is 8.08. The highest BCUT2D eigenvalue weighted by molar-refractivity contribution is 5.86. The summed E-state index contributed by atoms with van der Waals surface area (Å²) < 4.78 is 0. The van der Waals surface area contributed by atoms with Crippen LogP contribution in [-0.2, 0) is 0 Å². The topological polar surface area (TPSA) is 89.6 Å². The third-order valence-electron chi connectivity index (χ3n) is 5.05. The molecule has 6 heteroatoms. The molecule has 0 amide bonds. The second-order valence-corrected chi connectivity index (χ2v) is 7.32. The quantitative estimate of drug-likeness (QED) is 0.527. The van der Waals surface area contributed by atoms with Gasteiger partial charge in [0.1, 0.15) is 5.82 Å². The number of para-hydroxylation sites is 1. The van der Waals surface area contributed by atoms with Crippen LogP contribution in [-0.4, -0.2) is 19.9 Å². The van der Waals surface area contributed by atoms with Crippen molar-refractivity contribution >= 4 is 22.8 Å². The molecule has 1 atom stereocenters. The van der Waals surface area contributed by atoms with Crippen molar-refractivity contribution < 1.29 is 0 Å². The molecule has 2 heterocycles. The number of nitrogens with zero attached hydrogens (tertiary/aromatic N) is 4. The van der Waals surface area contributed by atoms with Gasteiger partial charge in [0, 0.05) is 16.5 Å². The predicted molar refractivity (Wildman–Crippen MR) is 118 cm³/mol. The molecule has 4 rings (SSSR count). The van der Waals surface area contributed by atoms with Gasteiger partial charge in [-0.3, -0.25) is 0 Å². The molecule has 0 aliphatic carbocycles. The number of anilines is 2. The third-order valence-corrected chi connectivity index (χ3v) is 5.05. The molecule has 0 saturated carbocycles. The minimum absolute atomic E-state index is 0.0804. The van der Waals surface area contributed by atoms with Gasteiger partial charge in [0.2, 0.25) is 11.9 Å². The first-order valence-electron chi connectivity index (χ1n) is 9.63. The van der Waals surface area contributed by atoms with Crippen molar-refractivity contribution in [3.63, 3.8) is 0 Å². The minimum Gasteiger partial charge on any atom is -0.368 e. The lowest BCUT2D eigenvalue weighted by Crippen LogP contribution is -2.13. The second-order valence-electron chi connectivity index (χ2n) is 7.32. The Morgan fingerprint density at radius 1 is 0.862 bits per heavy atom. The van der Waals surface area contributed by atoms with Gasteiger partial charge in [-0.25, -0.2) is 4.98 Å². The number of rotatable bonds is 4. The molecule has 0 aliphatic heterocycles. The fraction of sp³-hybridized carbons (Fsp3) is 0.217. The Bertz CT molecular complexity index is 1180. The van der Waals surface area contributed by atoms with Crippen LogP contribution in [0.15, 0.2) is 48.5 Å². The molecule has 29 heavy (non-hydrogen) atoms. The normalized spacial score (nSPS) is 12.1. The van der Waals surface area contributed by atoms with Crippen molar-refractivity contribution in [2.75, 3.05) is 11.1 Å². The highest BCUT2D eigenvalue weighted by Crippen LogP contribution is 2.33. The fourth-order valence-electron chi connectivity index (χ4n) is 3.59. The molecule has 0 fully saturated rings. The molecule has 0 aliphatic rings. The molecular weight excluding hydrogens is 360 g/mol. The van der Waals surface area contributed by atoms with Crippen LogP contribution in [0.25, 0.3) is 22.2 Å². The maximum absolute atomic E-state index is 5.79. The monoisotopic (exact) mass is 384 g/mol. The van der Waals surface area contributed by atoms with Crippen LogP contribution >= 0.6 is 0 Å². The van der Waals surface area contributed by atoms with Gasteiger partial charge in [-0.05, 0) is 44.9 Å². The van der Waals surface area contributed by atoms with Gasteiger partial charge in [-0.15, -0.1) is 0 Å². The van der Waals surface area contributed by atoms with E-state index in [4.69, 9.17) is 10.7 Å². The average Bonchev–Trinajstić information content (AvgIpc) is 2.67. The van der Waals surface area contributed by atoms with Crippen molar-refractivity contribution in [2.45, 2.75) is 33.7 Å². The van der Waals surface area contributed by atoms with E-state index in [0.29, 0.717) is 11.8 Å². The van der Waals surface area contributed by atoms with E-state index in [-0.39, 0.29) is 12.0 Å². The van der Waals surface area contributed by atoms with Crippen LogP contribution < -0.4 is 11.1 Å². The smallest absolute Gasteiger partial charge is 0.228 e. The first-order chi connectivity index (χ1) is 13.9. The van der Waals surface area contributed by atoms with E-state index >= 15 is 0 Å². The summed E-state index contributed by atoms with van der Waals surface area (Å²) >= 11 is 0. The summed E-state index contributed by atoms with van der Waals surface area (Å²) in [7, 11) is 0. The number of benzene rings is 2. The number of nitrogen functional groups attached to an aromatic ring is 1. The molecule has 0 bridgehead atoms. The Balaban J connectivity index is 1.87. The standard InChI is InChI=1S/C23H24N6/c1-13-8-5-6-11-18(13)21-19(12-17-10-7-9-14(2)20(17)28-21)15(3)25-23-27-16(4)26-22(24)29-23/h5-12,15H,1-4H3,(H3,24,25,26,27,29)/t15-/m0/s1. The van der Waals surface area contributed by atoms with Gasteiger partial charge in [0.05, 0.1) is 17.3 Å². The lowest BCUT2D eigenvalue weighted by atomic mass is 9.95. The minimum atomic E-state index is -0.0804. The summed E-state index contributed by atoms with van der Waals surface area (Å²) in [5.41, 5.74) is 12.3. The van der Waals surface area contributed by atoms with Crippen LogP contribution in [0.2, 0.25) is 0 Å². The molecule has 2 aromatic heterocycles. The highest BCUT2D eigenvalue weighted by atomic mass is 15.2. The number of hydrogen-bond acceptors (Lipinski definition) is 6. The van der Waals surface area contributed by atoms with Gasteiger partial charge < -0.3 is 11.1 Å². The van der Waals surface area contributed by atoms with E-state index in [9.17, 15) is 0 Å². The van der Waals surface area contributed by atoms with Gasteiger partial charge in [-0.2, -0.15) is 15.0 Å². The highest BCUT2D eigenvalue weighted by Gasteiger charge is 2.18. The Kier molecular flexibility index (Phi) is 4.84. The van der Waals surface area contributed by atoms with E-state index in [1.807, 2.05) is 12.1 Å². The Hall–Kier alpha value is -3.54. The number of nitrogens with two attached hydrogens (primary N) is 1. The zero-order valence-electron chi connectivity index (χ0n) is 17.1. The van der Waals surface area contributed by atoms with E-state index in [1.165, 1.54) is 5.56 Å². The van der Waals surface area contributed by atoms with Crippen LogP contribution in [0, 0.1) is 20.8 Å². The zero-order chi connectivity index (χ0) is 20.5. The Morgan fingerprint density at radius 2 is 1.62 bits per heavy atom. The van der Waals surface area contributed by atoms with E-state index in [2.05, 4.69) is 77.4 Å². The first-order valence-corrected chi connectivity index (χ1v) is 9.63. The molecule has 146 valence electrons. The zero-order valence-corrected chi connectivity index (χ0v) is 17.1. The first kappa shape index (κ1) is 18.8. The molecule has 0 unspecified atom stereocenters. The van der Waals surface area contributed by atoms with Crippen molar-refractivity contribution in [3.05, 3.63) is 71.0 Å². The number of aromatic nitrogens is 4. The molecule has 0 spiro atoms. The second kappa shape index (κ2) is 7.47. The van der Waals surface area contributed by atoms with Crippen LogP contribution in [0.5, 0.6) is 0 Å². The molecule has 0 radical (unpaired) electrons. The SMILES string of the molecule is Cc1nc(N)nc(N[C@@H](C)c2cc3cccc(C)c3nc2-c2ccccc2C)n1. The van der Waals surface area contributed by atoms with Gasteiger partial charge >= 0.3 is 0 Å². The lowest BCUT2D eigenvalue weighted by molar-refractivity contribution is 0.846. The number of pyridine rings is 1. The van der Waals surface area contributed by atoms with Crippen molar-refractivity contribution in [2.24, 2.45) is 0 Å². The lowest BCUT2D eigenvalue weighted by Gasteiger charge is -2.20. The summed E-state index contributed by atoms with van der Waals surface area (Å²) in [5, 5.41) is 4.48. The van der Waals surface area contributed by atoms with Crippen molar-refractivity contribution in [1.82, 2.24) is 19.9 Å². The predicted octanol–water partition coefficient (Wildman–Crippen LogP) is 4.77. The van der Waals surface area contributed by atoms with Crippen LogP contribution in [0.3, 0.4) is 0 Å². The maximum Gasteiger partial charge on any atom is 0.228 e. The average molecular weight is 384 g/mol. The van der Waals surface area contributed by atoms with Gasteiger partial charge in [-0.1, -0.05) is 42.5 Å². The molecule has 3 N–H and O–H groups in total. The summed E-state index contributed by atoms with van der Waals surface area (Å²) in [5.74, 6) is 1.25. The van der Waals surface area contributed by atoms with Crippen LogP contribution in [0.4, 0.5) is 11.9 Å². The summed E-state index contributed by atoms with van der Waals surface area (Å²) in [6, 6.07) is 16.7.